The van der Waals surface area contributed by atoms with Gasteiger partial charge in [0.05, 0.1) is 13.2 Å². The van der Waals surface area contributed by atoms with E-state index in [0.717, 1.165) is 11.3 Å². The summed E-state index contributed by atoms with van der Waals surface area (Å²) in [7, 11) is 1.58. The molecule has 1 aromatic heterocycles. The van der Waals surface area contributed by atoms with Gasteiger partial charge in [-0.1, -0.05) is 17.3 Å². The summed E-state index contributed by atoms with van der Waals surface area (Å²) >= 11 is 0. The molecule has 0 spiro atoms. The minimum Gasteiger partial charge on any atom is -0.497 e. The van der Waals surface area contributed by atoms with Crippen LogP contribution in [0.2, 0.25) is 0 Å². The highest BCUT2D eigenvalue weighted by atomic mass is 16.5. The van der Waals surface area contributed by atoms with Crippen LogP contribution in [-0.2, 0) is 9.59 Å². The van der Waals surface area contributed by atoms with Gasteiger partial charge >= 0.3 is 11.8 Å². The average molecular weight is 303 g/mol. The van der Waals surface area contributed by atoms with Crippen LogP contribution < -0.4 is 15.4 Å². The Morgan fingerprint density at radius 1 is 1.23 bits per heavy atom. The lowest BCUT2D eigenvalue weighted by molar-refractivity contribution is -0.136. The summed E-state index contributed by atoms with van der Waals surface area (Å²) in [6, 6.07) is 8.43. The molecule has 2 N–H and O–H groups in total. The zero-order valence-corrected chi connectivity index (χ0v) is 12.5. The number of aryl methyl sites for hydroxylation is 1. The van der Waals surface area contributed by atoms with Gasteiger partial charge in [0, 0.05) is 6.07 Å². The molecule has 2 aromatic rings. The SMILES string of the molecule is COc1ccc(C(C)NC(=O)C(=O)Nc2cc(C)on2)cc1. The molecular formula is C15H17N3O4. The molecule has 1 aromatic carbocycles. The molecule has 2 amide bonds. The second-order valence-corrected chi connectivity index (χ2v) is 4.75. The molecule has 116 valence electrons. The molecule has 2 rings (SSSR count). The maximum atomic E-state index is 11.9. The van der Waals surface area contributed by atoms with Gasteiger partial charge < -0.3 is 14.6 Å². The number of carbonyl (C=O) groups is 2. The Balaban J connectivity index is 1.93. The van der Waals surface area contributed by atoms with Crippen LogP contribution in [0.25, 0.3) is 0 Å². The number of rotatable bonds is 4. The van der Waals surface area contributed by atoms with E-state index in [1.807, 2.05) is 12.1 Å². The van der Waals surface area contributed by atoms with E-state index in [1.165, 1.54) is 6.07 Å². The van der Waals surface area contributed by atoms with Crippen LogP contribution in [0, 0.1) is 6.92 Å². The molecular weight excluding hydrogens is 286 g/mol. The Bertz CT molecular complexity index is 664. The molecule has 0 fully saturated rings. The van der Waals surface area contributed by atoms with Gasteiger partial charge in [0.1, 0.15) is 11.5 Å². The normalized spacial score (nSPS) is 11.6. The van der Waals surface area contributed by atoms with Crippen LogP contribution in [0.5, 0.6) is 5.75 Å². The van der Waals surface area contributed by atoms with Gasteiger partial charge in [-0.25, -0.2) is 0 Å². The van der Waals surface area contributed by atoms with E-state index in [0.29, 0.717) is 5.76 Å². The number of nitrogens with one attached hydrogen (secondary N) is 2. The first kappa shape index (κ1) is 15.6. The lowest BCUT2D eigenvalue weighted by Gasteiger charge is -2.14. The van der Waals surface area contributed by atoms with Gasteiger partial charge in [-0.05, 0) is 31.5 Å². The highest BCUT2D eigenvalue weighted by molar-refractivity contribution is 6.39. The first-order valence-electron chi connectivity index (χ1n) is 6.68. The zero-order chi connectivity index (χ0) is 16.1. The number of aromatic nitrogens is 1. The van der Waals surface area contributed by atoms with E-state index < -0.39 is 11.8 Å². The smallest absolute Gasteiger partial charge is 0.314 e. The number of nitrogens with zero attached hydrogens (tertiary/aromatic N) is 1. The van der Waals surface area contributed by atoms with Crippen LogP contribution >= 0.6 is 0 Å². The molecule has 0 bridgehead atoms. The van der Waals surface area contributed by atoms with Crippen molar-refractivity contribution >= 4 is 17.6 Å². The van der Waals surface area contributed by atoms with Gasteiger partial charge in [0.2, 0.25) is 0 Å². The first-order valence-corrected chi connectivity index (χ1v) is 6.68. The number of benzene rings is 1. The van der Waals surface area contributed by atoms with Crippen molar-refractivity contribution in [1.29, 1.82) is 0 Å². The van der Waals surface area contributed by atoms with E-state index in [1.54, 1.807) is 33.1 Å². The fraction of sp³-hybridized carbons (Fsp3) is 0.267. The fourth-order valence-electron chi connectivity index (χ4n) is 1.84. The summed E-state index contributed by atoms with van der Waals surface area (Å²) in [6.07, 6.45) is 0. The van der Waals surface area contributed by atoms with Crippen LogP contribution in [0.3, 0.4) is 0 Å². The van der Waals surface area contributed by atoms with E-state index in [2.05, 4.69) is 15.8 Å². The molecule has 0 aliphatic heterocycles. The molecule has 0 radical (unpaired) electrons. The quantitative estimate of drug-likeness (QED) is 0.840. The first-order chi connectivity index (χ1) is 10.5. The maximum Gasteiger partial charge on any atom is 0.314 e. The molecule has 1 heterocycles. The van der Waals surface area contributed by atoms with Gasteiger partial charge in [0.25, 0.3) is 0 Å². The van der Waals surface area contributed by atoms with Gasteiger partial charge in [-0.3, -0.25) is 14.9 Å². The number of hydrogen-bond acceptors (Lipinski definition) is 5. The van der Waals surface area contributed by atoms with Crippen molar-refractivity contribution in [3.8, 4) is 5.75 Å². The maximum absolute atomic E-state index is 11.9. The van der Waals surface area contributed by atoms with Gasteiger partial charge in [-0.15, -0.1) is 0 Å². The molecule has 1 atom stereocenters. The summed E-state index contributed by atoms with van der Waals surface area (Å²) in [5.41, 5.74) is 0.860. The molecule has 0 aliphatic carbocycles. The number of amides is 2. The number of hydrogen-bond donors (Lipinski definition) is 2. The van der Waals surface area contributed by atoms with Crippen molar-refractivity contribution in [1.82, 2.24) is 10.5 Å². The Hall–Kier alpha value is -2.83. The minimum atomic E-state index is -0.798. The van der Waals surface area contributed by atoms with E-state index in [4.69, 9.17) is 9.26 Å². The van der Waals surface area contributed by atoms with Crippen molar-refractivity contribution in [2.24, 2.45) is 0 Å². The summed E-state index contributed by atoms with van der Waals surface area (Å²) in [5, 5.41) is 8.57. The van der Waals surface area contributed by atoms with Crippen LogP contribution in [0.15, 0.2) is 34.9 Å². The third kappa shape index (κ3) is 3.85. The van der Waals surface area contributed by atoms with Crippen molar-refractivity contribution in [3.63, 3.8) is 0 Å². The summed E-state index contributed by atoms with van der Waals surface area (Å²) < 4.78 is 9.88. The minimum absolute atomic E-state index is 0.203. The molecule has 7 heteroatoms. The largest absolute Gasteiger partial charge is 0.497 e. The van der Waals surface area contributed by atoms with Crippen LogP contribution in [0.1, 0.15) is 24.3 Å². The standard InChI is InChI=1S/C15H17N3O4/c1-9-8-13(18-22-9)17-15(20)14(19)16-10(2)11-4-6-12(21-3)7-5-11/h4-8,10H,1-3H3,(H,16,19)(H,17,18,20). The average Bonchev–Trinajstić information content (AvgIpc) is 2.92. The van der Waals surface area contributed by atoms with E-state index in [9.17, 15) is 9.59 Å². The highest BCUT2D eigenvalue weighted by Gasteiger charge is 2.18. The van der Waals surface area contributed by atoms with Gasteiger partial charge in [-0.2, -0.15) is 0 Å². The van der Waals surface area contributed by atoms with Crippen molar-refractivity contribution in [3.05, 3.63) is 41.7 Å². The molecule has 0 aliphatic rings. The Morgan fingerprint density at radius 3 is 2.45 bits per heavy atom. The molecule has 22 heavy (non-hydrogen) atoms. The predicted octanol–water partition coefficient (Wildman–Crippen LogP) is 1.81. The number of ether oxygens (including phenoxy) is 1. The second kappa shape index (κ2) is 6.75. The van der Waals surface area contributed by atoms with Crippen molar-refractivity contribution in [2.75, 3.05) is 12.4 Å². The molecule has 1 unspecified atom stereocenters. The number of carbonyl (C=O) groups excluding carboxylic acids is 2. The third-order valence-corrected chi connectivity index (χ3v) is 3.04. The van der Waals surface area contributed by atoms with Crippen LogP contribution in [0.4, 0.5) is 5.82 Å². The van der Waals surface area contributed by atoms with E-state index >= 15 is 0 Å². The molecule has 7 nitrogen and oxygen atoms in total. The fourth-order valence-corrected chi connectivity index (χ4v) is 1.84. The summed E-state index contributed by atoms with van der Waals surface area (Å²) in [5.74, 6) is -0.0730. The highest BCUT2D eigenvalue weighted by Crippen LogP contribution is 2.17. The predicted molar refractivity (Wildman–Crippen MR) is 79.4 cm³/mol. The number of anilines is 1. The molecule has 0 saturated heterocycles. The second-order valence-electron chi connectivity index (χ2n) is 4.75. The Kier molecular flexibility index (Phi) is 4.77. The number of methoxy groups -OCH3 is 1. The lowest BCUT2D eigenvalue weighted by atomic mass is 10.1. The Morgan fingerprint density at radius 2 is 1.91 bits per heavy atom. The lowest BCUT2D eigenvalue weighted by Crippen LogP contribution is -2.36. The monoisotopic (exact) mass is 303 g/mol. The molecule has 0 saturated carbocycles. The Labute approximate surface area is 127 Å². The third-order valence-electron chi connectivity index (χ3n) is 3.04. The van der Waals surface area contributed by atoms with E-state index in [-0.39, 0.29) is 11.9 Å². The summed E-state index contributed by atoms with van der Waals surface area (Å²) in [6.45, 7) is 3.47. The zero-order valence-electron chi connectivity index (χ0n) is 12.5. The summed E-state index contributed by atoms with van der Waals surface area (Å²) in [4.78, 5) is 23.6. The topological polar surface area (TPSA) is 93.5 Å². The van der Waals surface area contributed by atoms with Crippen molar-refractivity contribution in [2.45, 2.75) is 19.9 Å². The van der Waals surface area contributed by atoms with Crippen molar-refractivity contribution < 1.29 is 18.8 Å². The van der Waals surface area contributed by atoms with Gasteiger partial charge in [0.15, 0.2) is 5.82 Å². The van der Waals surface area contributed by atoms with Crippen LogP contribution in [-0.4, -0.2) is 24.1 Å².